The number of hydrogen-bond acceptors (Lipinski definition) is 2. The second-order valence-electron chi connectivity index (χ2n) is 6.50. The van der Waals surface area contributed by atoms with Gasteiger partial charge in [0.15, 0.2) is 0 Å². The van der Waals surface area contributed by atoms with Crippen molar-refractivity contribution in [1.29, 1.82) is 0 Å². The van der Waals surface area contributed by atoms with Gasteiger partial charge in [0.2, 0.25) is 0 Å². The maximum absolute atomic E-state index is 3.26. The molecular formula is C21H40N2. The number of rotatable bonds is 15. The molecule has 0 aromatic rings. The van der Waals surface area contributed by atoms with Gasteiger partial charge in [0, 0.05) is 19.5 Å². The molecule has 0 aromatic heterocycles. The van der Waals surface area contributed by atoms with Crippen molar-refractivity contribution in [2.45, 2.75) is 77.6 Å². The number of hydrogen-bond donors (Lipinski definition) is 1. The van der Waals surface area contributed by atoms with Crippen molar-refractivity contribution in [2.24, 2.45) is 0 Å². The van der Waals surface area contributed by atoms with Crippen LogP contribution in [0.4, 0.5) is 0 Å². The highest BCUT2D eigenvalue weighted by Gasteiger charge is 1.97. The summed E-state index contributed by atoms with van der Waals surface area (Å²) in [6.07, 6.45) is 18.5. The Kier molecular flexibility index (Phi) is 18.6. The van der Waals surface area contributed by atoms with Crippen LogP contribution in [0.1, 0.15) is 77.6 Å². The van der Waals surface area contributed by atoms with E-state index in [2.05, 4.69) is 42.1 Å². The smallest absolute Gasteiger partial charge is 0.0104 e. The van der Waals surface area contributed by atoms with E-state index < -0.39 is 0 Å². The van der Waals surface area contributed by atoms with Gasteiger partial charge < -0.3 is 10.2 Å². The zero-order valence-electron chi connectivity index (χ0n) is 16.0. The summed E-state index contributed by atoms with van der Waals surface area (Å²) in [4.78, 5) is 2.42. The Morgan fingerprint density at radius 2 is 1.61 bits per heavy atom. The minimum Gasteiger partial charge on any atom is -0.318 e. The number of unbranched alkanes of at least 4 members (excludes halogenated alkanes) is 9. The predicted octanol–water partition coefficient (Wildman–Crippen LogP) is 5.01. The molecule has 0 radical (unpaired) electrons. The van der Waals surface area contributed by atoms with Gasteiger partial charge in [-0.25, -0.2) is 0 Å². The van der Waals surface area contributed by atoms with Gasteiger partial charge in [-0.2, -0.15) is 0 Å². The first-order valence-electron chi connectivity index (χ1n) is 9.77. The molecule has 0 heterocycles. The van der Waals surface area contributed by atoms with Crippen LogP contribution < -0.4 is 5.32 Å². The summed E-state index contributed by atoms with van der Waals surface area (Å²) in [6.45, 7) is 5.71. The number of nitrogens with one attached hydrogen (secondary N) is 1. The maximum Gasteiger partial charge on any atom is 0.0104 e. The van der Waals surface area contributed by atoms with E-state index in [-0.39, 0.29) is 0 Å². The molecule has 2 heteroatoms. The van der Waals surface area contributed by atoms with Crippen molar-refractivity contribution < 1.29 is 0 Å². The van der Waals surface area contributed by atoms with Gasteiger partial charge in [-0.1, -0.05) is 69.8 Å². The highest BCUT2D eigenvalue weighted by molar-refractivity contribution is 5.14. The molecule has 0 aromatic carbocycles. The average molecular weight is 321 g/mol. The highest BCUT2D eigenvalue weighted by Crippen LogP contribution is 2.08. The standard InChI is InChI=1S/C21H40N2/c1-4-5-6-7-8-9-10-11-12-13-14-15-16-17-18-20-23(3)21-19-22-2/h7-8,22H,4-6,11-21H2,1-3H3/b8-7-. The first-order valence-corrected chi connectivity index (χ1v) is 9.77. The summed E-state index contributed by atoms with van der Waals surface area (Å²) in [5.41, 5.74) is 0. The Hall–Kier alpha value is -0.780. The van der Waals surface area contributed by atoms with Gasteiger partial charge in [-0.15, -0.1) is 0 Å². The lowest BCUT2D eigenvalue weighted by molar-refractivity contribution is 0.325. The molecule has 0 aliphatic heterocycles. The quantitative estimate of drug-likeness (QED) is 0.337. The van der Waals surface area contributed by atoms with E-state index in [1.165, 1.54) is 70.8 Å². The molecule has 23 heavy (non-hydrogen) atoms. The first kappa shape index (κ1) is 22.2. The fourth-order valence-electron chi connectivity index (χ4n) is 2.49. The molecule has 0 aliphatic carbocycles. The van der Waals surface area contributed by atoms with Gasteiger partial charge in [-0.05, 0) is 46.0 Å². The Bertz CT molecular complexity index is 312. The van der Waals surface area contributed by atoms with Gasteiger partial charge in [0.25, 0.3) is 0 Å². The zero-order chi connectivity index (χ0) is 17.0. The molecule has 0 fully saturated rings. The monoisotopic (exact) mass is 320 g/mol. The van der Waals surface area contributed by atoms with E-state index >= 15 is 0 Å². The summed E-state index contributed by atoms with van der Waals surface area (Å²) < 4.78 is 0. The Morgan fingerprint density at radius 1 is 0.913 bits per heavy atom. The lowest BCUT2D eigenvalue weighted by atomic mass is 10.1. The van der Waals surface area contributed by atoms with Crippen LogP contribution >= 0.6 is 0 Å². The fraction of sp³-hybridized carbons (Fsp3) is 0.810. The van der Waals surface area contributed by atoms with E-state index in [0.717, 1.165) is 19.5 Å². The molecule has 134 valence electrons. The van der Waals surface area contributed by atoms with Crippen LogP contribution in [0.2, 0.25) is 0 Å². The van der Waals surface area contributed by atoms with E-state index in [1.807, 2.05) is 13.1 Å². The molecule has 1 N–H and O–H groups in total. The topological polar surface area (TPSA) is 15.3 Å². The largest absolute Gasteiger partial charge is 0.318 e. The third kappa shape index (κ3) is 19.2. The van der Waals surface area contributed by atoms with Crippen LogP contribution in [0.15, 0.2) is 12.2 Å². The third-order valence-electron chi connectivity index (χ3n) is 4.11. The van der Waals surface area contributed by atoms with Crippen LogP contribution in [0, 0.1) is 11.8 Å². The van der Waals surface area contributed by atoms with Crippen molar-refractivity contribution in [3.63, 3.8) is 0 Å². The van der Waals surface area contributed by atoms with Gasteiger partial charge in [0.05, 0.1) is 0 Å². The maximum atomic E-state index is 3.26. The van der Waals surface area contributed by atoms with Crippen LogP contribution in [-0.2, 0) is 0 Å². The molecule has 0 spiro atoms. The molecule has 0 atom stereocenters. The van der Waals surface area contributed by atoms with Gasteiger partial charge in [0.1, 0.15) is 0 Å². The molecule has 0 saturated heterocycles. The summed E-state index contributed by atoms with van der Waals surface area (Å²) in [5.74, 6) is 6.40. The lowest BCUT2D eigenvalue weighted by Gasteiger charge is -2.15. The molecule has 0 unspecified atom stereocenters. The average Bonchev–Trinajstić information content (AvgIpc) is 2.56. The molecular weight excluding hydrogens is 280 g/mol. The molecule has 2 nitrogen and oxygen atoms in total. The molecule has 0 saturated carbocycles. The van der Waals surface area contributed by atoms with Gasteiger partial charge in [-0.3, -0.25) is 0 Å². The van der Waals surface area contributed by atoms with Crippen molar-refractivity contribution in [3.8, 4) is 11.8 Å². The molecule has 0 bridgehead atoms. The summed E-state index contributed by atoms with van der Waals surface area (Å²) in [7, 11) is 4.24. The van der Waals surface area contributed by atoms with Crippen LogP contribution in [0.5, 0.6) is 0 Å². The van der Waals surface area contributed by atoms with Crippen molar-refractivity contribution in [1.82, 2.24) is 10.2 Å². The van der Waals surface area contributed by atoms with E-state index in [4.69, 9.17) is 0 Å². The minimum absolute atomic E-state index is 1.06. The second kappa shape index (κ2) is 19.3. The number of likely N-dealkylation sites (N-methyl/N-ethyl adjacent to an activating group) is 2. The van der Waals surface area contributed by atoms with Crippen LogP contribution in [0.3, 0.4) is 0 Å². The zero-order valence-corrected chi connectivity index (χ0v) is 16.0. The van der Waals surface area contributed by atoms with Crippen LogP contribution in [0.25, 0.3) is 0 Å². The SMILES string of the molecule is CCCC/C=C\C#CCCCCCCCCCN(C)CCNC. The van der Waals surface area contributed by atoms with E-state index in [9.17, 15) is 0 Å². The molecule has 0 rings (SSSR count). The highest BCUT2D eigenvalue weighted by atomic mass is 15.1. The van der Waals surface area contributed by atoms with Crippen molar-refractivity contribution in [2.75, 3.05) is 33.7 Å². The molecule has 0 amide bonds. The first-order chi connectivity index (χ1) is 11.3. The molecule has 0 aliphatic rings. The number of nitrogens with zero attached hydrogens (tertiary/aromatic N) is 1. The minimum atomic E-state index is 1.06. The third-order valence-corrected chi connectivity index (χ3v) is 4.11. The van der Waals surface area contributed by atoms with Gasteiger partial charge >= 0.3 is 0 Å². The normalized spacial score (nSPS) is 11.1. The Labute approximate surface area is 146 Å². The second-order valence-corrected chi connectivity index (χ2v) is 6.50. The van der Waals surface area contributed by atoms with E-state index in [1.54, 1.807) is 0 Å². The summed E-state index contributed by atoms with van der Waals surface area (Å²) >= 11 is 0. The van der Waals surface area contributed by atoms with Crippen molar-refractivity contribution in [3.05, 3.63) is 12.2 Å². The fourth-order valence-corrected chi connectivity index (χ4v) is 2.49. The Morgan fingerprint density at radius 3 is 2.30 bits per heavy atom. The predicted molar refractivity (Wildman–Crippen MR) is 105 cm³/mol. The summed E-state index contributed by atoms with van der Waals surface area (Å²) in [5, 5.41) is 3.20. The summed E-state index contributed by atoms with van der Waals surface area (Å²) in [6, 6.07) is 0. The number of allylic oxidation sites excluding steroid dienone is 2. The Balaban J connectivity index is 3.22. The van der Waals surface area contributed by atoms with E-state index in [0.29, 0.717) is 0 Å². The van der Waals surface area contributed by atoms with Crippen LogP contribution in [-0.4, -0.2) is 38.6 Å². The van der Waals surface area contributed by atoms with Crippen molar-refractivity contribution >= 4 is 0 Å². The lowest BCUT2D eigenvalue weighted by Crippen LogP contribution is -2.28.